The number of carbonyl (C=O) groups excluding carboxylic acids is 1. The molecule has 27 heavy (non-hydrogen) atoms. The molecule has 2 N–H and O–H groups in total. The fourth-order valence-corrected chi connectivity index (χ4v) is 5.31. The van der Waals surface area contributed by atoms with Gasteiger partial charge in [0, 0.05) is 44.8 Å². The van der Waals surface area contributed by atoms with Crippen LogP contribution in [0.15, 0.2) is 11.1 Å². The normalized spacial score (nSPS) is 25.6. The maximum absolute atomic E-state index is 12.2. The van der Waals surface area contributed by atoms with Gasteiger partial charge in [-0.25, -0.2) is 18.4 Å². The zero-order valence-electron chi connectivity index (χ0n) is 15.7. The molecular weight excluding hydrogens is 366 g/mol. The van der Waals surface area contributed by atoms with E-state index in [1.54, 1.807) is 0 Å². The molecule has 1 atom stereocenters. The molecule has 1 spiro atoms. The van der Waals surface area contributed by atoms with Crippen LogP contribution in [0.4, 0.5) is 5.95 Å². The fourth-order valence-electron chi connectivity index (χ4n) is 4.48. The maximum Gasteiger partial charge on any atom is 0.225 e. The van der Waals surface area contributed by atoms with Crippen molar-refractivity contribution in [2.45, 2.75) is 42.9 Å². The topological polar surface area (TPSA) is 104 Å². The summed E-state index contributed by atoms with van der Waals surface area (Å²) in [5.41, 5.74) is 0.712. The zero-order valence-corrected chi connectivity index (χ0v) is 16.5. The second-order valence-corrected chi connectivity index (χ2v) is 10.2. The number of carbonyl (C=O) groups is 1. The third-order valence-electron chi connectivity index (χ3n) is 6.16. The predicted molar refractivity (Wildman–Crippen MR) is 101 cm³/mol. The summed E-state index contributed by atoms with van der Waals surface area (Å²) < 4.78 is 24.5. The summed E-state index contributed by atoms with van der Waals surface area (Å²) in [4.78, 5) is 23.1. The molecule has 1 aromatic heterocycles. The van der Waals surface area contributed by atoms with E-state index in [1.807, 2.05) is 0 Å². The van der Waals surface area contributed by atoms with Gasteiger partial charge < -0.3 is 15.5 Å². The number of rotatable bonds is 3. The van der Waals surface area contributed by atoms with E-state index in [4.69, 9.17) is 4.98 Å². The Balaban J connectivity index is 1.58. The summed E-state index contributed by atoms with van der Waals surface area (Å²) in [5, 5.41) is 6.29. The van der Waals surface area contributed by atoms with Gasteiger partial charge in [-0.3, -0.25) is 4.79 Å². The summed E-state index contributed by atoms with van der Waals surface area (Å²) in [7, 11) is -3.37. The van der Waals surface area contributed by atoms with Crippen LogP contribution >= 0.6 is 0 Å². The first-order valence-electron chi connectivity index (χ1n) is 9.66. The van der Waals surface area contributed by atoms with E-state index >= 15 is 0 Å². The van der Waals surface area contributed by atoms with Crippen LogP contribution in [0.3, 0.4) is 0 Å². The molecule has 3 saturated heterocycles. The summed E-state index contributed by atoms with van der Waals surface area (Å²) in [6, 6.07) is 0. The van der Waals surface area contributed by atoms with Crippen molar-refractivity contribution in [3.8, 4) is 0 Å². The molecule has 0 saturated carbocycles. The molecule has 3 aliphatic rings. The third kappa shape index (κ3) is 3.80. The smallest absolute Gasteiger partial charge is 0.225 e. The lowest BCUT2D eigenvalue weighted by Gasteiger charge is -2.38. The van der Waals surface area contributed by atoms with Crippen molar-refractivity contribution in [3.63, 3.8) is 0 Å². The van der Waals surface area contributed by atoms with Crippen molar-refractivity contribution in [2.24, 2.45) is 5.41 Å². The monoisotopic (exact) mass is 393 g/mol. The van der Waals surface area contributed by atoms with E-state index in [-0.39, 0.29) is 22.1 Å². The molecule has 9 heteroatoms. The fraction of sp³-hybridized carbons (Fsp3) is 0.722. The minimum absolute atomic E-state index is 0.0659. The molecule has 0 aromatic carbocycles. The number of piperidine rings is 2. The molecule has 1 unspecified atom stereocenters. The van der Waals surface area contributed by atoms with Crippen LogP contribution in [0, 0.1) is 5.41 Å². The minimum Gasteiger partial charge on any atom is -0.356 e. The summed E-state index contributed by atoms with van der Waals surface area (Å²) in [6.07, 6.45) is 7.09. The average molecular weight is 394 g/mol. The predicted octanol–water partition coefficient (Wildman–Crippen LogP) is 0.454. The molecule has 148 valence electrons. The first-order valence-corrected chi connectivity index (χ1v) is 11.5. The number of sulfone groups is 1. The summed E-state index contributed by atoms with van der Waals surface area (Å²) in [6.45, 7) is 4.04. The number of hydrogen-bond acceptors (Lipinski definition) is 7. The van der Waals surface area contributed by atoms with Crippen LogP contribution < -0.4 is 15.5 Å². The van der Waals surface area contributed by atoms with Crippen molar-refractivity contribution < 1.29 is 13.2 Å². The van der Waals surface area contributed by atoms with Crippen molar-refractivity contribution in [2.75, 3.05) is 43.9 Å². The number of amides is 1. The van der Waals surface area contributed by atoms with Crippen LogP contribution in [0.5, 0.6) is 0 Å². The molecule has 1 aromatic rings. The van der Waals surface area contributed by atoms with Gasteiger partial charge in [0.05, 0.1) is 11.9 Å². The van der Waals surface area contributed by atoms with Crippen molar-refractivity contribution >= 4 is 21.7 Å². The second kappa shape index (κ2) is 7.01. The van der Waals surface area contributed by atoms with E-state index in [9.17, 15) is 13.2 Å². The van der Waals surface area contributed by atoms with E-state index in [0.29, 0.717) is 18.1 Å². The third-order valence-corrected chi connectivity index (χ3v) is 7.27. The highest BCUT2D eigenvalue weighted by molar-refractivity contribution is 7.90. The Morgan fingerprint density at radius 2 is 2.07 bits per heavy atom. The minimum atomic E-state index is -3.37. The maximum atomic E-state index is 12.2. The Bertz CT molecular complexity index is 827. The Hall–Kier alpha value is -1.74. The lowest BCUT2D eigenvalue weighted by Crippen LogP contribution is -2.42. The highest BCUT2D eigenvalue weighted by Gasteiger charge is 2.41. The van der Waals surface area contributed by atoms with E-state index in [2.05, 4.69) is 20.5 Å². The van der Waals surface area contributed by atoms with Gasteiger partial charge in [-0.15, -0.1) is 0 Å². The highest BCUT2D eigenvalue weighted by atomic mass is 32.2. The number of hydrogen-bond donors (Lipinski definition) is 2. The SMILES string of the molecule is CS(=O)(=O)c1cnc(N2CCC3(CC2)CNC(=O)C3)nc1C1CCCNC1. The van der Waals surface area contributed by atoms with E-state index in [1.165, 1.54) is 12.5 Å². The lowest BCUT2D eigenvalue weighted by molar-refractivity contribution is -0.119. The molecule has 3 aliphatic heterocycles. The first kappa shape index (κ1) is 18.6. The van der Waals surface area contributed by atoms with E-state index in [0.717, 1.165) is 58.4 Å². The Morgan fingerprint density at radius 1 is 1.30 bits per heavy atom. The molecule has 4 heterocycles. The first-order chi connectivity index (χ1) is 12.9. The van der Waals surface area contributed by atoms with Crippen LogP contribution in [0.2, 0.25) is 0 Å². The molecule has 8 nitrogen and oxygen atoms in total. The van der Waals surface area contributed by atoms with Gasteiger partial charge in [0.25, 0.3) is 0 Å². The Labute approximate surface area is 160 Å². The summed E-state index contributed by atoms with van der Waals surface area (Å²) >= 11 is 0. The molecule has 3 fully saturated rings. The van der Waals surface area contributed by atoms with Gasteiger partial charge in [-0.05, 0) is 37.6 Å². The molecular formula is C18H27N5O3S. The van der Waals surface area contributed by atoms with Gasteiger partial charge in [-0.1, -0.05) is 0 Å². The number of aromatic nitrogens is 2. The van der Waals surface area contributed by atoms with Gasteiger partial charge in [-0.2, -0.15) is 0 Å². The number of nitrogens with one attached hydrogen (secondary N) is 2. The van der Waals surface area contributed by atoms with Gasteiger partial charge >= 0.3 is 0 Å². The summed E-state index contributed by atoms with van der Waals surface area (Å²) in [5.74, 6) is 0.845. The van der Waals surface area contributed by atoms with Crippen LogP contribution in [0.25, 0.3) is 0 Å². The molecule has 0 radical (unpaired) electrons. The molecule has 4 rings (SSSR count). The Morgan fingerprint density at radius 3 is 2.67 bits per heavy atom. The van der Waals surface area contributed by atoms with Gasteiger partial charge in [0.15, 0.2) is 9.84 Å². The standard InChI is InChI=1S/C18H27N5O3S/c1-27(25,26)14-11-20-17(22-16(14)13-3-2-6-19-10-13)23-7-4-18(5-8-23)9-15(24)21-12-18/h11,13,19H,2-10,12H2,1H3,(H,21,24). The van der Waals surface area contributed by atoms with E-state index < -0.39 is 9.84 Å². The Kier molecular flexibility index (Phi) is 4.84. The molecule has 0 bridgehead atoms. The van der Waals surface area contributed by atoms with Crippen LogP contribution in [0.1, 0.15) is 43.7 Å². The van der Waals surface area contributed by atoms with Gasteiger partial charge in [0.1, 0.15) is 4.90 Å². The largest absolute Gasteiger partial charge is 0.356 e. The zero-order chi connectivity index (χ0) is 19.1. The highest BCUT2D eigenvalue weighted by Crippen LogP contribution is 2.38. The lowest BCUT2D eigenvalue weighted by atomic mass is 9.78. The second-order valence-electron chi connectivity index (χ2n) is 8.18. The van der Waals surface area contributed by atoms with Crippen LogP contribution in [-0.2, 0) is 14.6 Å². The quantitative estimate of drug-likeness (QED) is 0.768. The number of anilines is 1. The van der Waals surface area contributed by atoms with Crippen molar-refractivity contribution in [3.05, 3.63) is 11.9 Å². The molecule has 0 aliphatic carbocycles. The average Bonchev–Trinajstić information content (AvgIpc) is 3.02. The van der Waals surface area contributed by atoms with Crippen LogP contribution in [-0.4, -0.2) is 63.3 Å². The van der Waals surface area contributed by atoms with Crippen molar-refractivity contribution in [1.29, 1.82) is 0 Å². The number of nitrogens with zero attached hydrogens (tertiary/aromatic N) is 3. The van der Waals surface area contributed by atoms with Crippen molar-refractivity contribution in [1.82, 2.24) is 20.6 Å². The van der Waals surface area contributed by atoms with Gasteiger partial charge in [0.2, 0.25) is 11.9 Å². The molecule has 1 amide bonds.